The van der Waals surface area contributed by atoms with Crippen molar-refractivity contribution in [2.45, 2.75) is 0 Å². The first-order valence-electron chi connectivity index (χ1n) is 5.49. The molecule has 1 N–H and O–H groups in total. The van der Waals surface area contributed by atoms with Crippen LogP contribution in [-0.4, -0.2) is 44.2 Å². The molecule has 96 valence electrons. The van der Waals surface area contributed by atoms with E-state index >= 15 is 0 Å². The minimum atomic E-state index is -0.578. The molecule has 2 rings (SSSR count). The smallest absolute Gasteiger partial charge is 0.411 e. The van der Waals surface area contributed by atoms with Gasteiger partial charge in [0, 0.05) is 12.7 Å². The Kier molecular flexibility index (Phi) is 3.36. The van der Waals surface area contributed by atoms with Crippen LogP contribution < -0.4 is 10.1 Å². The number of anilines is 1. The van der Waals surface area contributed by atoms with Crippen molar-refractivity contribution in [2.75, 3.05) is 32.6 Å². The standard InChI is InChI=1S/C12H14N2O4/c1-14-5-6-18-10-4-3-8(13-12(16)17-2)7-9(10)11(14)15/h3-4,7H,5-6H2,1-2H3,(H,13,16). The molecule has 1 aliphatic rings. The molecule has 0 atom stereocenters. The second-order valence-corrected chi connectivity index (χ2v) is 3.90. The van der Waals surface area contributed by atoms with Crippen LogP contribution in [0.1, 0.15) is 10.4 Å². The van der Waals surface area contributed by atoms with Crippen molar-refractivity contribution in [1.29, 1.82) is 0 Å². The average molecular weight is 250 g/mol. The van der Waals surface area contributed by atoms with E-state index in [9.17, 15) is 9.59 Å². The predicted molar refractivity (Wildman–Crippen MR) is 64.9 cm³/mol. The molecule has 1 heterocycles. The fourth-order valence-electron chi connectivity index (χ4n) is 1.67. The zero-order valence-corrected chi connectivity index (χ0v) is 10.2. The van der Waals surface area contributed by atoms with Gasteiger partial charge in [-0.05, 0) is 18.2 Å². The third kappa shape index (κ3) is 2.37. The van der Waals surface area contributed by atoms with E-state index in [0.717, 1.165) is 0 Å². The topological polar surface area (TPSA) is 67.9 Å². The van der Waals surface area contributed by atoms with E-state index in [-0.39, 0.29) is 5.91 Å². The summed E-state index contributed by atoms with van der Waals surface area (Å²) in [5, 5.41) is 2.51. The summed E-state index contributed by atoms with van der Waals surface area (Å²) in [6.45, 7) is 0.992. The number of benzene rings is 1. The van der Waals surface area contributed by atoms with Gasteiger partial charge in [0.25, 0.3) is 5.91 Å². The summed E-state index contributed by atoms with van der Waals surface area (Å²) in [7, 11) is 2.99. The largest absolute Gasteiger partial charge is 0.491 e. The molecule has 0 fully saturated rings. The first kappa shape index (κ1) is 12.2. The quantitative estimate of drug-likeness (QED) is 0.816. The number of carbonyl (C=O) groups is 2. The fourth-order valence-corrected chi connectivity index (χ4v) is 1.67. The zero-order chi connectivity index (χ0) is 13.1. The number of nitrogens with one attached hydrogen (secondary N) is 1. The van der Waals surface area contributed by atoms with Gasteiger partial charge in [-0.25, -0.2) is 4.79 Å². The number of hydrogen-bond acceptors (Lipinski definition) is 4. The van der Waals surface area contributed by atoms with E-state index in [1.165, 1.54) is 7.11 Å². The summed E-state index contributed by atoms with van der Waals surface area (Å²) in [5.41, 5.74) is 0.928. The highest BCUT2D eigenvalue weighted by Gasteiger charge is 2.21. The van der Waals surface area contributed by atoms with Crippen LogP contribution in [-0.2, 0) is 4.74 Å². The highest BCUT2D eigenvalue weighted by Crippen LogP contribution is 2.26. The minimum Gasteiger partial charge on any atom is -0.491 e. The fraction of sp³-hybridized carbons (Fsp3) is 0.333. The maximum absolute atomic E-state index is 12.0. The van der Waals surface area contributed by atoms with Gasteiger partial charge in [-0.15, -0.1) is 0 Å². The second kappa shape index (κ2) is 4.95. The maximum atomic E-state index is 12.0. The Bertz CT molecular complexity index is 487. The van der Waals surface area contributed by atoms with Crippen LogP contribution in [0.4, 0.5) is 10.5 Å². The Morgan fingerprint density at radius 1 is 1.50 bits per heavy atom. The highest BCUT2D eigenvalue weighted by atomic mass is 16.5. The number of ether oxygens (including phenoxy) is 2. The Morgan fingerprint density at radius 3 is 3.00 bits per heavy atom. The molecule has 0 saturated heterocycles. The Labute approximate surface area is 104 Å². The summed E-state index contributed by atoms with van der Waals surface area (Å²) in [6, 6.07) is 4.91. The lowest BCUT2D eigenvalue weighted by molar-refractivity contribution is 0.0796. The number of amides is 2. The van der Waals surface area contributed by atoms with Crippen molar-refractivity contribution in [2.24, 2.45) is 0 Å². The van der Waals surface area contributed by atoms with E-state index in [2.05, 4.69) is 10.1 Å². The number of fused-ring (bicyclic) bond motifs is 1. The van der Waals surface area contributed by atoms with Gasteiger partial charge in [0.1, 0.15) is 12.4 Å². The van der Waals surface area contributed by atoms with Gasteiger partial charge in [-0.1, -0.05) is 0 Å². The van der Waals surface area contributed by atoms with Gasteiger partial charge in [0.2, 0.25) is 0 Å². The molecule has 0 radical (unpaired) electrons. The molecular weight excluding hydrogens is 236 g/mol. The van der Waals surface area contributed by atoms with Gasteiger partial charge in [0.15, 0.2) is 0 Å². The first-order valence-corrected chi connectivity index (χ1v) is 5.49. The summed E-state index contributed by atoms with van der Waals surface area (Å²) in [4.78, 5) is 24.7. The van der Waals surface area contributed by atoms with Crippen molar-refractivity contribution in [1.82, 2.24) is 4.90 Å². The van der Waals surface area contributed by atoms with E-state index < -0.39 is 6.09 Å². The SMILES string of the molecule is COC(=O)Nc1ccc2c(c1)C(=O)N(C)CCO2. The number of methoxy groups -OCH3 is 1. The third-order valence-electron chi connectivity index (χ3n) is 2.67. The summed E-state index contributed by atoms with van der Waals surface area (Å²) >= 11 is 0. The predicted octanol–water partition coefficient (Wildman–Crippen LogP) is 1.33. The molecular formula is C12H14N2O4. The van der Waals surface area contributed by atoms with Crippen molar-refractivity contribution >= 4 is 17.7 Å². The average Bonchev–Trinajstić information content (AvgIpc) is 2.51. The van der Waals surface area contributed by atoms with Gasteiger partial charge >= 0.3 is 6.09 Å². The number of carbonyl (C=O) groups excluding carboxylic acids is 2. The number of hydrogen-bond donors (Lipinski definition) is 1. The summed E-state index contributed by atoms with van der Waals surface area (Å²) in [6.07, 6.45) is -0.578. The normalized spacial score (nSPS) is 14.3. The molecule has 18 heavy (non-hydrogen) atoms. The van der Waals surface area contributed by atoms with Gasteiger partial charge < -0.3 is 14.4 Å². The Morgan fingerprint density at radius 2 is 2.28 bits per heavy atom. The van der Waals surface area contributed by atoms with E-state index in [1.54, 1.807) is 30.1 Å². The zero-order valence-electron chi connectivity index (χ0n) is 10.2. The van der Waals surface area contributed by atoms with Gasteiger partial charge in [-0.2, -0.15) is 0 Å². The molecule has 1 aromatic rings. The van der Waals surface area contributed by atoms with Gasteiger partial charge in [0.05, 0.1) is 19.2 Å². The molecule has 0 bridgehead atoms. The molecule has 6 nitrogen and oxygen atoms in total. The van der Waals surface area contributed by atoms with Crippen molar-refractivity contribution < 1.29 is 19.1 Å². The van der Waals surface area contributed by atoms with Crippen molar-refractivity contribution in [3.8, 4) is 5.75 Å². The molecule has 0 unspecified atom stereocenters. The van der Waals surface area contributed by atoms with Crippen LogP contribution in [0.5, 0.6) is 5.75 Å². The van der Waals surface area contributed by atoms with Crippen LogP contribution in [0.2, 0.25) is 0 Å². The molecule has 1 aromatic carbocycles. The third-order valence-corrected chi connectivity index (χ3v) is 2.67. The van der Waals surface area contributed by atoms with Crippen LogP contribution in [0.3, 0.4) is 0 Å². The van der Waals surface area contributed by atoms with Crippen LogP contribution in [0.15, 0.2) is 18.2 Å². The maximum Gasteiger partial charge on any atom is 0.411 e. The van der Waals surface area contributed by atoms with Crippen LogP contribution >= 0.6 is 0 Å². The first-order chi connectivity index (χ1) is 8.61. The Hall–Kier alpha value is -2.24. The highest BCUT2D eigenvalue weighted by molar-refractivity contribution is 5.99. The number of nitrogens with zero attached hydrogens (tertiary/aromatic N) is 1. The lowest BCUT2D eigenvalue weighted by Gasteiger charge is -2.13. The van der Waals surface area contributed by atoms with E-state index in [1.807, 2.05) is 0 Å². The van der Waals surface area contributed by atoms with Crippen LogP contribution in [0, 0.1) is 0 Å². The summed E-state index contributed by atoms with van der Waals surface area (Å²) in [5.74, 6) is 0.399. The summed E-state index contributed by atoms with van der Waals surface area (Å²) < 4.78 is 9.96. The Balaban J connectivity index is 2.32. The molecule has 0 aliphatic carbocycles. The number of likely N-dealkylation sites (N-methyl/N-ethyl adjacent to an activating group) is 1. The van der Waals surface area contributed by atoms with Crippen molar-refractivity contribution in [3.05, 3.63) is 23.8 Å². The van der Waals surface area contributed by atoms with E-state index in [4.69, 9.17) is 4.74 Å². The van der Waals surface area contributed by atoms with E-state index in [0.29, 0.717) is 30.2 Å². The number of rotatable bonds is 1. The monoisotopic (exact) mass is 250 g/mol. The molecule has 0 aromatic heterocycles. The molecule has 6 heteroatoms. The molecule has 0 saturated carbocycles. The lowest BCUT2D eigenvalue weighted by atomic mass is 10.1. The van der Waals surface area contributed by atoms with Crippen LogP contribution in [0.25, 0.3) is 0 Å². The molecule has 2 amide bonds. The molecule has 1 aliphatic heterocycles. The van der Waals surface area contributed by atoms with Crippen molar-refractivity contribution in [3.63, 3.8) is 0 Å². The second-order valence-electron chi connectivity index (χ2n) is 3.90. The van der Waals surface area contributed by atoms with Gasteiger partial charge in [-0.3, -0.25) is 10.1 Å². The minimum absolute atomic E-state index is 0.129. The lowest BCUT2D eigenvalue weighted by Crippen LogP contribution is -2.27. The molecule has 0 spiro atoms.